The van der Waals surface area contributed by atoms with Gasteiger partial charge in [0.25, 0.3) is 10.0 Å². The summed E-state index contributed by atoms with van der Waals surface area (Å²) in [6.45, 7) is 5.87. The zero-order chi connectivity index (χ0) is 29.1. The van der Waals surface area contributed by atoms with Gasteiger partial charge >= 0.3 is 0 Å². The highest BCUT2D eigenvalue weighted by atomic mass is 32.2. The number of anilines is 1. The van der Waals surface area contributed by atoms with Gasteiger partial charge in [0, 0.05) is 13.1 Å². The highest BCUT2D eigenvalue weighted by molar-refractivity contribution is 7.92. The molecule has 1 N–H and O–H groups in total. The van der Waals surface area contributed by atoms with Crippen LogP contribution in [0.3, 0.4) is 0 Å². The highest BCUT2D eigenvalue weighted by Gasteiger charge is 2.34. The van der Waals surface area contributed by atoms with Crippen LogP contribution < -0.4 is 14.4 Å². The number of aryl methyl sites for hydroxylation is 1. The van der Waals surface area contributed by atoms with Crippen molar-refractivity contribution in [2.75, 3.05) is 24.5 Å². The average Bonchev–Trinajstić information content (AvgIpc) is 2.98. The Balaban J connectivity index is 2.08. The van der Waals surface area contributed by atoms with Crippen molar-refractivity contribution >= 4 is 27.5 Å². The molecule has 40 heavy (non-hydrogen) atoms. The zero-order valence-electron chi connectivity index (χ0n) is 23.7. The maximum absolute atomic E-state index is 14.2. The molecule has 0 heterocycles. The highest BCUT2D eigenvalue weighted by Crippen LogP contribution is 2.28. The van der Waals surface area contributed by atoms with Crippen LogP contribution in [0.15, 0.2) is 83.8 Å². The van der Waals surface area contributed by atoms with Crippen LogP contribution in [0.25, 0.3) is 0 Å². The molecule has 0 radical (unpaired) electrons. The van der Waals surface area contributed by atoms with Gasteiger partial charge in [-0.25, -0.2) is 8.42 Å². The van der Waals surface area contributed by atoms with E-state index in [4.69, 9.17) is 4.74 Å². The van der Waals surface area contributed by atoms with Gasteiger partial charge in [0.15, 0.2) is 0 Å². The molecule has 1 unspecified atom stereocenters. The Bertz CT molecular complexity index is 1380. The van der Waals surface area contributed by atoms with Crippen LogP contribution in [-0.2, 0) is 32.6 Å². The lowest BCUT2D eigenvalue weighted by Crippen LogP contribution is -2.52. The zero-order valence-corrected chi connectivity index (χ0v) is 24.5. The van der Waals surface area contributed by atoms with Gasteiger partial charge in [-0.15, -0.1) is 0 Å². The number of carbonyl (C=O) groups excluding carboxylic acids is 2. The van der Waals surface area contributed by atoms with E-state index in [0.717, 1.165) is 17.5 Å². The molecule has 0 bridgehead atoms. The monoisotopic (exact) mass is 565 g/mol. The Morgan fingerprint density at radius 1 is 0.925 bits per heavy atom. The molecular formula is C31H39N3O5S. The standard InChI is InChI=1S/C31H39N3O5S/c1-5-20-32-31(36)28(7-3)33(22-24-14-13-16-26(21-24)39-4)30(35)23-34(29-19-12-11-15-25(29)6-2)40(37,38)27-17-9-8-10-18-27/h8-19,21,28H,5-7,20,22-23H2,1-4H3,(H,32,36). The number of rotatable bonds is 14. The predicted octanol–water partition coefficient (Wildman–Crippen LogP) is 4.79. The summed E-state index contributed by atoms with van der Waals surface area (Å²) in [7, 11) is -2.54. The minimum Gasteiger partial charge on any atom is -0.497 e. The van der Waals surface area contributed by atoms with Gasteiger partial charge in [0.2, 0.25) is 11.8 Å². The maximum atomic E-state index is 14.2. The van der Waals surface area contributed by atoms with E-state index in [2.05, 4.69) is 5.32 Å². The SMILES string of the molecule is CCCNC(=O)C(CC)N(Cc1cccc(OC)c1)C(=O)CN(c1ccccc1CC)S(=O)(=O)c1ccccc1. The number of amides is 2. The van der Waals surface area contributed by atoms with Crippen molar-refractivity contribution in [3.05, 3.63) is 90.0 Å². The first kappa shape index (κ1) is 30.7. The lowest BCUT2D eigenvalue weighted by Gasteiger charge is -2.33. The smallest absolute Gasteiger partial charge is 0.264 e. The van der Waals surface area contributed by atoms with Crippen LogP contribution in [0, 0.1) is 0 Å². The van der Waals surface area contributed by atoms with Crippen molar-refractivity contribution in [2.45, 2.75) is 57.5 Å². The minimum atomic E-state index is -4.10. The Hall–Kier alpha value is -3.85. The quantitative estimate of drug-likeness (QED) is 0.303. The third kappa shape index (κ3) is 7.41. The molecule has 9 heteroatoms. The molecule has 0 aliphatic rings. The number of ether oxygens (including phenoxy) is 1. The molecule has 0 aromatic heterocycles. The third-order valence-corrected chi connectivity index (χ3v) is 8.45. The molecule has 0 fully saturated rings. The number of carbonyl (C=O) groups is 2. The van der Waals surface area contributed by atoms with E-state index >= 15 is 0 Å². The topological polar surface area (TPSA) is 96.0 Å². The van der Waals surface area contributed by atoms with Gasteiger partial charge in [-0.1, -0.05) is 69.3 Å². The van der Waals surface area contributed by atoms with Crippen LogP contribution in [0.2, 0.25) is 0 Å². The molecule has 0 spiro atoms. The number of methoxy groups -OCH3 is 1. The lowest BCUT2D eigenvalue weighted by atomic mass is 10.1. The van der Waals surface area contributed by atoms with E-state index in [1.54, 1.807) is 43.5 Å². The summed E-state index contributed by atoms with van der Waals surface area (Å²) >= 11 is 0. The second-order valence-corrected chi connectivity index (χ2v) is 11.3. The summed E-state index contributed by atoms with van der Waals surface area (Å²) in [6.07, 6.45) is 1.70. The van der Waals surface area contributed by atoms with Gasteiger partial charge in [0.05, 0.1) is 17.7 Å². The predicted molar refractivity (Wildman–Crippen MR) is 158 cm³/mol. The van der Waals surface area contributed by atoms with E-state index in [1.807, 2.05) is 51.1 Å². The number of para-hydroxylation sites is 1. The summed E-state index contributed by atoms with van der Waals surface area (Å²) in [5, 5.41) is 2.90. The Morgan fingerprint density at radius 2 is 1.62 bits per heavy atom. The van der Waals surface area contributed by atoms with Crippen LogP contribution in [0.4, 0.5) is 5.69 Å². The largest absolute Gasteiger partial charge is 0.497 e. The normalized spacial score (nSPS) is 11.9. The Morgan fingerprint density at radius 3 is 2.27 bits per heavy atom. The number of hydrogen-bond acceptors (Lipinski definition) is 5. The first-order valence-corrected chi connectivity index (χ1v) is 15.1. The molecule has 8 nitrogen and oxygen atoms in total. The second kappa shape index (κ2) is 14.5. The van der Waals surface area contributed by atoms with Crippen molar-refractivity contribution in [2.24, 2.45) is 0 Å². The average molecular weight is 566 g/mol. The molecule has 3 rings (SSSR count). The number of nitrogens with one attached hydrogen (secondary N) is 1. The molecule has 214 valence electrons. The Labute approximate surface area is 238 Å². The summed E-state index contributed by atoms with van der Waals surface area (Å²) in [5.74, 6) is -0.128. The molecule has 3 aromatic rings. The van der Waals surface area contributed by atoms with Crippen molar-refractivity contribution in [3.8, 4) is 5.75 Å². The van der Waals surface area contributed by atoms with Gasteiger partial charge in [-0.3, -0.25) is 13.9 Å². The van der Waals surface area contributed by atoms with Crippen molar-refractivity contribution in [3.63, 3.8) is 0 Å². The van der Waals surface area contributed by atoms with Crippen LogP contribution in [0.1, 0.15) is 44.7 Å². The molecule has 0 saturated heterocycles. The van der Waals surface area contributed by atoms with Crippen molar-refractivity contribution in [1.29, 1.82) is 0 Å². The van der Waals surface area contributed by atoms with E-state index < -0.39 is 28.5 Å². The van der Waals surface area contributed by atoms with Gasteiger partial charge in [0.1, 0.15) is 18.3 Å². The first-order chi connectivity index (χ1) is 19.3. The van der Waals surface area contributed by atoms with E-state index in [0.29, 0.717) is 30.8 Å². The summed E-state index contributed by atoms with van der Waals surface area (Å²) in [6, 6.07) is 21.7. The molecule has 0 saturated carbocycles. The van der Waals surface area contributed by atoms with Gasteiger partial charge < -0.3 is 15.0 Å². The number of benzene rings is 3. The molecule has 0 aliphatic heterocycles. The van der Waals surface area contributed by atoms with Crippen LogP contribution in [0.5, 0.6) is 5.75 Å². The van der Waals surface area contributed by atoms with E-state index in [1.165, 1.54) is 21.3 Å². The first-order valence-electron chi connectivity index (χ1n) is 13.6. The summed E-state index contributed by atoms with van der Waals surface area (Å²) in [5.41, 5.74) is 2.00. The van der Waals surface area contributed by atoms with Crippen LogP contribution >= 0.6 is 0 Å². The third-order valence-electron chi connectivity index (χ3n) is 6.67. The molecular weight excluding hydrogens is 526 g/mol. The van der Waals surface area contributed by atoms with Gasteiger partial charge in [-0.2, -0.15) is 0 Å². The number of hydrogen-bond donors (Lipinski definition) is 1. The number of sulfonamides is 1. The molecule has 0 aliphatic carbocycles. The summed E-state index contributed by atoms with van der Waals surface area (Å²) in [4.78, 5) is 28.9. The fourth-order valence-corrected chi connectivity index (χ4v) is 6.01. The van der Waals surface area contributed by atoms with Crippen LogP contribution in [-0.4, -0.2) is 51.4 Å². The van der Waals surface area contributed by atoms with E-state index in [9.17, 15) is 18.0 Å². The van der Waals surface area contributed by atoms with Crippen molar-refractivity contribution in [1.82, 2.24) is 10.2 Å². The minimum absolute atomic E-state index is 0.0841. The lowest BCUT2D eigenvalue weighted by molar-refractivity contribution is -0.140. The second-order valence-electron chi connectivity index (χ2n) is 9.40. The Kier molecular flexibility index (Phi) is 11.1. The fraction of sp³-hybridized carbons (Fsp3) is 0.355. The van der Waals surface area contributed by atoms with E-state index in [-0.39, 0.29) is 17.3 Å². The molecule has 2 amide bonds. The fourth-order valence-electron chi connectivity index (χ4n) is 4.54. The van der Waals surface area contributed by atoms with Gasteiger partial charge in [-0.05, 0) is 60.7 Å². The maximum Gasteiger partial charge on any atom is 0.264 e. The molecule has 1 atom stereocenters. The summed E-state index contributed by atoms with van der Waals surface area (Å²) < 4.78 is 34.5. The molecule has 3 aromatic carbocycles. The van der Waals surface area contributed by atoms with Crippen molar-refractivity contribution < 1.29 is 22.7 Å². The number of nitrogens with zero attached hydrogens (tertiary/aromatic N) is 2.